The van der Waals surface area contributed by atoms with Crippen LogP contribution in [0.3, 0.4) is 0 Å². The maximum atomic E-state index is 12.7. The van der Waals surface area contributed by atoms with Crippen LogP contribution in [0.1, 0.15) is 18.4 Å². The standard InChI is InChI=1S/C20H23NO2/c1-5-11-21(12-6-2)20(22)15(3)16-7-8-18-14-19(23-4)10-9-17(18)13-16/h5-10,13-15H,1-2,11-12H2,3-4H3/t15-/m1/s1. The third kappa shape index (κ3) is 3.81. The molecule has 3 heteroatoms. The lowest BCUT2D eigenvalue weighted by Gasteiger charge is -2.23. The predicted molar refractivity (Wildman–Crippen MR) is 95.9 cm³/mol. The Bertz CT molecular complexity index is 711. The topological polar surface area (TPSA) is 29.5 Å². The van der Waals surface area contributed by atoms with Crippen molar-refractivity contribution in [2.75, 3.05) is 20.2 Å². The number of methoxy groups -OCH3 is 1. The van der Waals surface area contributed by atoms with E-state index in [0.29, 0.717) is 13.1 Å². The molecule has 0 radical (unpaired) electrons. The minimum absolute atomic E-state index is 0.0812. The van der Waals surface area contributed by atoms with Gasteiger partial charge in [-0.1, -0.05) is 36.4 Å². The summed E-state index contributed by atoms with van der Waals surface area (Å²) in [5.41, 5.74) is 1.01. The lowest BCUT2D eigenvalue weighted by atomic mass is 9.96. The second-order valence-electron chi connectivity index (χ2n) is 5.51. The van der Waals surface area contributed by atoms with Crippen LogP contribution in [0.25, 0.3) is 10.8 Å². The highest BCUT2D eigenvalue weighted by atomic mass is 16.5. The number of amides is 1. The smallest absolute Gasteiger partial charge is 0.230 e. The molecule has 0 saturated carbocycles. The van der Waals surface area contributed by atoms with Crippen molar-refractivity contribution in [2.24, 2.45) is 0 Å². The number of nitrogens with zero attached hydrogens (tertiary/aromatic N) is 1. The SMILES string of the molecule is C=CCN(CC=C)C(=O)[C@H](C)c1ccc2cc(OC)ccc2c1. The second-order valence-corrected chi connectivity index (χ2v) is 5.51. The summed E-state index contributed by atoms with van der Waals surface area (Å²) in [6.45, 7) is 10.4. The second kappa shape index (κ2) is 7.63. The van der Waals surface area contributed by atoms with Gasteiger partial charge in [-0.25, -0.2) is 0 Å². The van der Waals surface area contributed by atoms with Gasteiger partial charge in [0.15, 0.2) is 0 Å². The van der Waals surface area contributed by atoms with E-state index in [4.69, 9.17) is 4.74 Å². The fraction of sp³-hybridized carbons (Fsp3) is 0.250. The van der Waals surface area contributed by atoms with Gasteiger partial charge in [0.1, 0.15) is 5.75 Å². The zero-order valence-electron chi connectivity index (χ0n) is 13.8. The first kappa shape index (κ1) is 16.8. The molecule has 0 aromatic heterocycles. The fourth-order valence-electron chi connectivity index (χ4n) is 2.62. The van der Waals surface area contributed by atoms with E-state index < -0.39 is 0 Å². The zero-order valence-corrected chi connectivity index (χ0v) is 13.8. The summed E-state index contributed by atoms with van der Waals surface area (Å²) in [7, 11) is 1.66. The largest absolute Gasteiger partial charge is 0.497 e. The average molecular weight is 309 g/mol. The summed E-state index contributed by atoms with van der Waals surface area (Å²) in [6.07, 6.45) is 3.47. The van der Waals surface area contributed by atoms with Crippen LogP contribution in [-0.4, -0.2) is 31.0 Å². The number of carbonyl (C=O) groups excluding carboxylic acids is 1. The molecule has 23 heavy (non-hydrogen) atoms. The first-order valence-corrected chi connectivity index (χ1v) is 7.69. The third-order valence-corrected chi connectivity index (χ3v) is 3.95. The molecule has 1 atom stereocenters. The molecule has 120 valence electrons. The number of benzene rings is 2. The predicted octanol–water partition coefficient (Wildman–Crippen LogP) is 4.15. The van der Waals surface area contributed by atoms with Gasteiger partial charge in [0.2, 0.25) is 5.91 Å². The molecule has 0 fully saturated rings. The Morgan fingerprint density at radius 3 is 2.35 bits per heavy atom. The van der Waals surface area contributed by atoms with Crippen molar-refractivity contribution < 1.29 is 9.53 Å². The van der Waals surface area contributed by atoms with Gasteiger partial charge in [0, 0.05) is 13.1 Å². The summed E-state index contributed by atoms with van der Waals surface area (Å²) < 4.78 is 5.24. The zero-order chi connectivity index (χ0) is 16.8. The Labute approximate surface area is 137 Å². The first-order chi connectivity index (χ1) is 11.1. The Morgan fingerprint density at radius 2 is 1.74 bits per heavy atom. The van der Waals surface area contributed by atoms with E-state index in [1.54, 1.807) is 24.2 Å². The van der Waals surface area contributed by atoms with Crippen LogP contribution in [0.15, 0.2) is 61.7 Å². The Kier molecular flexibility index (Phi) is 5.58. The molecule has 0 aliphatic carbocycles. The van der Waals surface area contributed by atoms with E-state index in [9.17, 15) is 4.79 Å². The normalized spacial score (nSPS) is 11.7. The summed E-state index contributed by atoms with van der Waals surface area (Å²) in [6, 6.07) is 12.0. The van der Waals surface area contributed by atoms with Crippen molar-refractivity contribution in [3.8, 4) is 5.75 Å². The van der Waals surface area contributed by atoms with Gasteiger partial charge in [-0.3, -0.25) is 4.79 Å². The lowest BCUT2D eigenvalue weighted by Crippen LogP contribution is -2.34. The average Bonchev–Trinajstić information content (AvgIpc) is 2.59. The number of carbonyl (C=O) groups is 1. The monoisotopic (exact) mass is 309 g/mol. The van der Waals surface area contributed by atoms with E-state index in [1.165, 1.54) is 0 Å². The number of hydrogen-bond donors (Lipinski definition) is 0. The van der Waals surface area contributed by atoms with Crippen LogP contribution in [0.5, 0.6) is 5.75 Å². The molecule has 0 aliphatic rings. The van der Waals surface area contributed by atoms with Gasteiger partial charge in [0.25, 0.3) is 0 Å². The van der Waals surface area contributed by atoms with Crippen LogP contribution in [0.4, 0.5) is 0 Å². The van der Waals surface area contributed by atoms with Crippen molar-refractivity contribution in [1.29, 1.82) is 0 Å². The third-order valence-electron chi connectivity index (χ3n) is 3.95. The quantitative estimate of drug-likeness (QED) is 0.719. The molecule has 2 aromatic carbocycles. The molecule has 0 N–H and O–H groups in total. The van der Waals surface area contributed by atoms with E-state index >= 15 is 0 Å². The van der Waals surface area contributed by atoms with Gasteiger partial charge in [-0.15, -0.1) is 13.2 Å². The van der Waals surface area contributed by atoms with Crippen molar-refractivity contribution in [3.05, 3.63) is 67.3 Å². The van der Waals surface area contributed by atoms with Crippen molar-refractivity contribution in [3.63, 3.8) is 0 Å². The molecular formula is C20H23NO2. The molecule has 2 rings (SSSR count). The van der Waals surface area contributed by atoms with Gasteiger partial charge in [0.05, 0.1) is 13.0 Å². The highest BCUT2D eigenvalue weighted by molar-refractivity contribution is 5.88. The number of hydrogen-bond acceptors (Lipinski definition) is 2. The Hall–Kier alpha value is -2.55. The lowest BCUT2D eigenvalue weighted by molar-refractivity contribution is -0.131. The number of ether oxygens (including phenoxy) is 1. The van der Waals surface area contributed by atoms with Gasteiger partial charge < -0.3 is 9.64 Å². The maximum Gasteiger partial charge on any atom is 0.230 e. The molecule has 2 aromatic rings. The molecule has 3 nitrogen and oxygen atoms in total. The summed E-state index contributed by atoms with van der Waals surface area (Å²) in [5.74, 6) is 0.705. The van der Waals surface area contributed by atoms with Crippen molar-refractivity contribution in [2.45, 2.75) is 12.8 Å². The van der Waals surface area contributed by atoms with Gasteiger partial charge in [-0.05, 0) is 35.4 Å². The minimum atomic E-state index is -0.207. The Balaban J connectivity index is 2.29. The van der Waals surface area contributed by atoms with Crippen molar-refractivity contribution >= 4 is 16.7 Å². The van der Waals surface area contributed by atoms with Gasteiger partial charge >= 0.3 is 0 Å². The summed E-state index contributed by atoms with van der Waals surface area (Å²) in [4.78, 5) is 14.4. The maximum absolute atomic E-state index is 12.7. The molecule has 0 spiro atoms. The molecule has 0 aliphatic heterocycles. The molecule has 1 amide bonds. The van der Waals surface area contributed by atoms with E-state index in [0.717, 1.165) is 22.1 Å². The van der Waals surface area contributed by atoms with Gasteiger partial charge in [-0.2, -0.15) is 0 Å². The van der Waals surface area contributed by atoms with E-state index in [1.807, 2.05) is 37.3 Å². The fourth-order valence-corrected chi connectivity index (χ4v) is 2.62. The minimum Gasteiger partial charge on any atom is -0.497 e. The molecular weight excluding hydrogens is 286 g/mol. The molecule has 0 heterocycles. The van der Waals surface area contributed by atoms with Crippen LogP contribution < -0.4 is 4.74 Å². The van der Waals surface area contributed by atoms with Crippen LogP contribution in [0.2, 0.25) is 0 Å². The molecule has 0 bridgehead atoms. The number of fused-ring (bicyclic) bond motifs is 1. The summed E-state index contributed by atoms with van der Waals surface area (Å²) in [5, 5.41) is 2.20. The van der Waals surface area contributed by atoms with E-state index in [-0.39, 0.29) is 11.8 Å². The number of rotatable bonds is 7. The highest BCUT2D eigenvalue weighted by Crippen LogP contribution is 2.26. The molecule has 0 saturated heterocycles. The molecule has 0 unspecified atom stereocenters. The van der Waals surface area contributed by atoms with Crippen molar-refractivity contribution in [1.82, 2.24) is 4.90 Å². The Morgan fingerprint density at radius 1 is 1.13 bits per heavy atom. The van der Waals surface area contributed by atoms with Crippen LogP contribution in [0, 0.1) is 0 Å². The van der Waals surface area contributed by atoms with Crippen LogP contribution >= 0.6 is 0 Å². The van der Waals surface area contributed by atoms with E-state index in [2.05, 4.69) is 19.2 Å². The summed E-state index contributed by atoms with van der Waals surface area (Å²) >= 11 is 0. The van der Waals surface area contributed by atoms with Crippen LogP contribution in [-0.2, 0) is 4.79 Å². The first-order valence-electron chi connectivity index (χ1n) is 7.69. The highest BCUT2D eigenvalue weighted by Gasteiger charge is 2.20.